The Kier molecular flexibility index (Phi) is 4.98. The van der Waals surface area contributed by atoms with Crippen LogP contribution in [0.15, 0.2) is 30.3 Å². The van der Waals surface area contributed by atoms with Crippen LogP contribution in [0.25, 0.3) is 0 Å². The van der Waals surface area contributed by atoms with Gasteiger partial charge in [0.15, 0.2) is 0 Å². The van der Waals surface area contributed by atoms with Gasteiger partial charge in [-0.1, -0.05) is 18.2 Å². The highest BCUT2D eigenvalue weighted by atomic mass is 16.6. The number of alkyl carbamates (subject to hydrolysis) is 1. The molecule has 0 bridgehead atoms. The van der Waals surface area contributed by atoms with Gasteiger partial charge < -0.3 is 20.7 Å². The summed E-state index contributed by atoms with van der Waals surface area (Å²) in [7, 11) is 0. The fourth-order valence-electron chi connectivity index (χ4n) is 3.14. The van der Waals surface area contributed by atoms with E-state index in [0.29, 0.717) is 12.0 Å². The van der Waals surface area contributed by atoms with Crippen LogP contribution >= 0.6 is 0 Å². The van der Waals surface area contributed by atoms with Crippen LogP contribution in [0.2, 0.25) is 0 Å². The van der Waals surface area contributed by atoms with E-state index < -0.39 is 12.1 Å². The monoisotopic (exact) mass is 331 g/mol. The van der Waals surface area contributed by atoms with Crippen LogP contribution in [-0.4, -0.2) is 42.6 Å². The van der Waals surface area contributed by atoms with E-state index >= 15 is 0 Å². The molecule has 1 saturated carbocycles. The highest BCUT2D eigenvalue weighted by molar-refractivity contribution is 5.94. The zero-order valence-electron chi connectivity index (χ0n) is 13.3. The Labute approximate surface area is 140 Å². The number of hydrogen-bond donors (Lipinski definition) is 3. The van der Waals surface area contributed by atoms with Crippen molar-refractivity contribution in [2.75, 3.05) is 6.61 Å². The van der Waals surface area contributed by atoms with Crippen molar-refractivity contribution in [2.45, 2.75) is 43.8 Å². The molecule has 128 valence electrons. The van der Waals surface area contributed by atoms with Crippen LogP contribution < -0.4 is 16.0 Å². The first kappa shape index (κ1) is 16.3. The molecule has 0 radical (unpaired) electrons. The number of nitrogens with one attached hydrogen (secondary N) is 3. The highest BCUT2D eigenvalue weighted by Crippen LogP contribution is 2.19. The van der Waals surface area contributed by atoms with E-state index in [1.54, 1.807) is 12.1 Å². The first-order valence-corrected chi connectivity index (χ1v) is 8.21. The Morgan fingerprint density at radius 3 is 2.46 bits per heavy atom. The number of benzene rings is 1. The highest BCUT2D eigenvalue weighted by Gasteiger charge is 2.31. The molecule has 1 aromatic carbocycles. The molecule has 0 spiro atoms. The Bertz CT molecular complexity index is 620. The van der Waals surface area contributed by atoms with Crippen molar-refractivity contribution in [2.24, 2.45) is 0 Å². The van der Waals surface area contributed by atoms with E-state index in [0.717, 1.165) is 19.3 Å². The minimum Gasteiger partial charge on any atom is -0.447 e. The topological polar surface area (TPSA) is 96.5 Å². The number of rotatable bonds is 4. The van der Waals surface area contributed by atoms with Gasteiger partial charge in [-0.3, -0.25) is 9.59 Å². The van der Waals surface area contributed by atoms with Crippen molar-refractivity contribution in [3.05, 3.63) is 35.9 Å². The van der Waals surface area contributed by atoms with E-state index in [9.17, 15) is 14.4 Å². The molecule has 2 fully saturated rings. The molecule has 0 aromatic heterocycles. The van der Waals surface area contributed by atoms with E-state index in [-0.39, 0.29) is 30.5 Å². The van der Waals surface area contributed by atoms with Gasteiger partial charge in [-0.15, -0.1) is 0 Å². The summed E-state index contributed by atoms with van der Waals surface area (Å²) in [6.45, 7) is 0.0611. The van der Waals surface area contributed by atoms with Crippen LogP contribution in [0.3, 0.4) is 0 Å². The third kappa shape index (κ3) is 4.04. The van der Waals surface area contributed by atoms with Gasteiger partial charge in [0.2, 0.25) is 5.91 Å². The maximum absolute atomic E-state index is 12.2. The molecule has 24 heavy (non-hydrogen) atoms. The second kappa shape index (κ2) is 7.33. The number of hydrogen-bond acceptors (Lipinski definition) is 4. The summed E-state index contributed by atoms with van der Waals surface area (Å²) >= 11 is 0. The summed E-state index contributed by atoms with van der Waals surface area (Å²) in [4.78, 5) is 35.3. The molecule has 3 amide bonds. The summed E-state index contributed by atoms with van der Waals surface area (Å²) in [5, 5.41) is 8.43. The van der Waals surface area contributed by atoms with Gasteiger partial charge >= 0.3 is 6.09 Å². The SMILES string of the molecule is O=C1N[C@H](C(=O)NC2CCCC(NC(=O)c3ccccc3)C2)CO1. The lowest BCUT2D eigenvalue weighted by molar-refractivity contribution is -0.123. The zero-order valence-corrected chi connectivity index (χ0v) is 13.3. The van der Waals surface area contributed by atoms with Gasteiger partial charge in [-0.2, -0.15) is 0 Å². The van der Waals surface area contributed by atoms with Gasteiger partial charge in [0.05, 0.1) is 0 Å². The van der Waals surface area contributed by atoms with Crippen molar-refractivity contribution < 1.29 is 19.1 Å². The molecule has 1 saturated heterocycles. The Hall–Kier alpha value is -2.57. The van der Waals surface area contributed by atoms with Gasteiger partial charge in [0.25, 0.3) is 5.91 Å². The van der Waals surface area contributed by atoms with Crippen LogP contribution in [-0.2, 0) is 9.53 Å². The van der Waals surface area contributed by atoms with E-state index in [4.69, 9.17) is 4.74 Å². The lowest BCUT2D eigenvalue weighted by Gasteiger charge is -2.30. The molecule has 3 rings (SSSR count). The average Bonchev–Trinajstić information content (AvgIpc) is 3.02. The smallest absolute Gasteiger partial charge is 0.407 e. The molecule has 1 aromatic rings. The molecule has 1 aliphatic heterocycles. The lowest BCUT2D eigenvalue weighted by Crippen LogP contribution is -2.50. The first-order valence-electron chi connectivity index (χ1n) is 8.21. The molecule has 3 atom stereocenters. The van der Waals surface area contributed by atoms with Crippen LogP contribution in [0.4, 0.5) is 4.79 Å². The van der Waals surface area contributed by atoms with E-state index in [2.05, 4.69) is 16.0 Å². The minimum absolute atomic E-state index is 0.00942. The Balaban J connectivity index is 1.50. The second-order valence-corrected chi connectivity index (χ2v) is 6.20. The predicted octanol–water partition coefficient (Wildman–Crippen LogP) is 0.952. The molecule has 2 aliphatic rings. The molecule has 3 N–H and O–H groups in total. The maximum atomic E-state index is 12.2. The van der Waals surface area contributed by atoms with Crippen molar-refractivity contribution in [3.63, 3.8) is 0 Å². The minimum atomic E-state index is -0.628. The van der Waals surface area contributed by atoms with Gasteiger partial charge in [0, 0.05) is 17.6 Å². The number of cyclic esters (lactones) is 1. The second-order valence-electron chi connectivity index (χ2n) is 6.20. The summed E-state index contributed by atoms with van der Waals surface area (Å²) in [6, 6.07) is 8.48. The summed E-state index contributed by atoms with van der Waals surface area (Å²) in [5.74, 6) is -0.329. The lowest BCUT2D eigenvalue weighted by atomic mass is 9.90. The summed E-state index contributed by atoms with van der Waals surface area (Å²) in [6.07, 6.45) is 2.82. The van der Waals surface area contributed by atoms with Crippen molar-refractivity contribution in [3.8, 4) is 0 Å². The Morgan fingerprint density at radius 1 is 1.08 bits per heavy atom. The molecule has 1 heterocycles. The molecule has 2 unspecified atom stereocenters. The molecular formula is C17H21N3O4. The largest absolute Gasteiger partial charge is 0.447 e. The van der Waals surface area contributed by atoms with Crippen LogP contribution in [0, 0.1) is 0 Å². The van der Waals surface area contributed by atoms with Crippen LogP contribution in [0.1, 0.15) is 36.0 Å². The standard InChI is InChI=1S/C17H21N3O4/c21-15(11-5-2-1-3-6-11)18-12-7-4-8-13(9-12)19-16(22)14-10-24-17(23)20-14/h1-3,5-6,12-14H,4,7-10H2,(H,18,21)(H,19,22)(H,20,23)/t12?,13?,14-/m0/s1. The third-order valence-corrected chi connectivity index (χ3v) is 4.38. The number of ether oxygens (including phenoxy) is 1. The summed E-state index contributed by atoms with van der Waals surface area (Å²) < 4.78 is 4.73. The average molecular weight is 331 g/mol. The molecule has 1 aliphatic carbocycles. The molecular weight excluding hydrogens is 310 g/mol. The predicted molar refractivity (Wildman–Crippen MR) is 86.4 cm³/mol. The number of carbonyl (C=O) groups is 3. The fraction of sp³-hybridized carbons (Fsp3) is 0.471. The molecule has 7 nitrogen and oxygen atoms in total. The number of carbonyl (C=O) groups excluding carboxylic acids is 3. The van der Waals surface area contributed by atoms with Gasteiger partial charge in [0.1, 0.15) is 12.6 Å². The van der Waals surface area contributed by atoms with Crippen molar-refractivity contribution >= 4 is 17.9 Å². The van der Waals surface area contributed by atoms with Gasteiger partial charge in [-0.25, -0.2) is 4.79 Å². The van der Waals surface area contributed by atoms with Gasteiger partial charge in [-0.05, 0) is 37.8 Å². The van der Waals surface area contributed by atoms with Crippen molar-refractivity contribution in [1.82, 2.24) is 16.0 Å². The zero-order chi connectivity index (χ0) is 16.9. The fourth-order valence-corrected chi connectivity index (χ4v) is 3.14. The van der Waals surface area contributed by atoms with E-state index in [1.165, 1.54) is 0 Å². The van der Waals surface area contributed by atoms with Crippen molar-refractivity contribution in [1.29, 1.82) is 0 Å². The normalized spacial score (nSPS) is 26.2. The van der Waals surface area contributed by atoms with Crippen LogP contribution in [0.5, 0.6) is 0 Å². The number of amides is 3. The van der Waals surface area contributed by atoms with E-state index in [1.807, 2.05) is 18.2 Å². The Morgan fingerprint density at radius 2 is 1.79 bits per heavy atom. The first-order chi connectivity index (χ1) is 11.6. The molecule has 7 heteroatoms. The summed E-state index contributed by atoms with van der Waals surface area (Å²) in [5.41, 5.74) is 0.634. The quantitative estimate of drug-likeness (QED) is 0.765. The maximum Gasteiger partial charge on any atom is 0.407 e. The third-order valence-electron chi connectivity index (χ3n) is 4.38.